The molecule has 0 aromatic rings. The van der Waals surface area contributed by atoms with Crippen molar-refractivity contribution in [1.29, 1.82) is 0 Å². The Hall–Kier alpha value is -1.31. The van der Waals surface area contributed by atoms with E-state index in [1.165, 1.54) is 6.92 Å². The quantitative estimate of drug-likeness (QED) is 0.0765. The van der Waals surface area contributed by atoms with Crippen LogP contribution in [0, 0.1) is 0 Å². The largest absolute Gasteiger partial charge is 0.478 e. The van der Waals surface area contributed by atoms with E-state index in [2.05, 4.69) is 6.58 Å². The van der Waals surface area contributed by atoms with Crippen LogP contribution in [0.3, 0.4) is 0 Å². The molecule has 15 heteroatoms. The molecule has 12 unspecified atom stereocenters. The summed E-state index contributed by atoms with van der Waals surface area (Å²) in [6.45, 7) is 32.5. The molecular formula is C40H80O15. The molecule has 0 heterocycles. The number of aliphatic carboxylic acids is 1. The van der Waals surface area contributed by atoms with Gasteiger partial charge in [-0.1, -0.05) is 6.58 Å². The predicted molar refractivity (Wildman–Crippen MR) is 211 cm³/mol. The summed E-state index contributed by atoms with van der Waals surface area (Å²) in [5.41, 5.74) is 0.176. The summed E-state index contributed by atoms with van der Waals surface area (Å²) < 4.78 is 63.8. The van der Waals surface area contributed by atoms with E-state index in [-0.39, 0.29) is 79.3 Å². The van der Waals surface area contributed by atoms with Crippen molar-refractivity contribution in [1.82, 2.24) is 0 Å². The van der Waals surface area contributed by atoms with Gasteiger partial charge in [-0.25, -0.2) is 4.79 Å². The van der Waals surface area contributed by atoms with Crippen molar-refractivity contribution < 1.29 is 72.2 Å². The summed E-state index contributed by atoms with van der Waals surface area (Å²) in [7, 11) is 0. The average Bonchev–Trinajstić information content (AvgIpc) is 3.14. The van der Waals surface area contributed by atoms with Crippen LogP contribution >= 0.6 is 0 Å². The van der Waals surface area contributed by atoms with Crippen LogP contribution < -0.4 is 0 Å². The fourth-order valence-corrected chi connectivity index (χ4v) is 3.84. The average molecular weight is 801 g/mol. The normalized spacial score (nSPS) is 18.4. The third kappa shape index (κ3) is 38.0. The molecule has 0 fully saturated rings. The van der Waals surface area contributed by atoms with E-state index in [0.717, 1.165) is 0 Å². The van der Waals surface area contributed by atoms with Gasteiger partial charge in [0.2, 0.25) is 0 Å². The molecule has 0 radical (unpaired) electrons. The van der Waals surface area contributed by atoms with Gasteiger partial charge in [0.25, 0.3) is 0 Å². The maximum absolute atomic E-state index is 9.60. The lowest BCUT2D eigenvalue weighted by Gasteiger charge is -2.23. The summed E-state index contributed by atoms with van der Waals surface area (Å²) in [6, 6.07) is 0. The zero-order valence-corrected chi connectivity index (χ0v) is 36.4. The Labute approximate surface area is 332 Å². The lowest BCUT2D eigenvalue weighted by Crippen LogP contribution is -2.31. The third-order valence-electron chi connectivity index (χ3n) is 7.40. The minimum Gasteiger partial charge on any atom is -0.478 e. The van der Waals surface area contributed by atoms with Crippen molar-refractivity contribution in [2.24, 2.45) is 0 Å². The molecular weight excluding hydrogens is 720 g/mol. The van der Waals surface area contributed by atoms with E-state index in [9.17, 15) is 9.90 Å². The van der Waals surface area contributed by atoms with Crippen LogP contribution in [0.5, 0.6) is 0 Å². The minimum absolute atomic E-state index is 0.00643. The highest BCUT2D eigenvalue weighted by atomic mass is 16.6. The molecule has 0 aliphatic rings. The third-order valence-corrected chi connectivity index (χ3v) is 7.40. The molecule has 0 aromatic carbocycles. The molecule has 0 aliphatic carbocycles. The molecule has 0 saturated heterocycles. The van der Waals surface area contributed by atoms with Gasteiger partial charge in [-0.3, -0.25) is 0 Å². The summed E-state index contributed by atoms with van der Waals surface area (Å²) in [6.07, 6.45) is -1.54. The van der Waals surface area contributed by atoms with Gasteiger partial charge < -0.3 is 67.4 Å². The fraction of sp³-hybridized carbons (Fsp3) is 0.925. The van der Waals surface area contributed by atoms with Gasteiger partial charge in [-0.15, -0.1) is 0 Å². The molecule has 0 aromatic heterocycles. The van der Waals surface area contributed by atoms with Crippen molar-refractivity contribution in [3.8, 4) is 0 Å². The highest BCUT2D eigenvalue weighted by Gasteiger charge is 2.16. The van der Waals surface area contributed by atoms with E-state index >= 15 is 0 Å². The van der Waals surface area contributed by atoms with Crippen molar-refractivity contribution in [2.45, 2.75) is 163 Å². The number of rotatable bonds is 35. The first kappa shape index (κ1) is 55.8. The van der Waals surface area contributed by atoms with Gasteiger partial charge in [0, 0.05) is 5.57 Å². The molecule has 15 nitrogen and oxygen atoms in total. The molecule has 55 heavy (non-hydrogen) atoms. The number of carboxylic acid groups (broad SMARTS) is 1. The number of hydrogen-bond acceptors (Lipinski definition) is 14. The van der Waals surface area contributed by atoms with Gasteiger partial charge in [0.1, 0.15) is 0 Å². The summed E-state index contributed by atoms with van der Waals surface area (Å²) in [5, 5.41) is 26.2. The predicted octanol–water partition coefficient (Wildman–Crippen LogP) is 4.46. The van der Waals surface area contributed by atoms with Gasteiger partial charge in [0.05, 0.1) is 153 Å². The number of hydrogen-bond donors (Lipinski definition) is 3. The van der Waals surface area contributed by atoms with E-state index < -0.39 is 12.1 Å². The van der Waals surface area contributed by atoms with Gasteiger partial charge in [0.15, 0.2) is 0 Å². The highest BCUT2D eigenvalue weighted by Crippen LogP contribution is 2.07. The van der Waals surface area contributed by atoms with E-state index in [4.69, 9.17) is 62.3 Å². The monoisotopic (exact) mass is 801 g/mol. The van der Waals surface area contributed by atoms with Gasteiger partial charge in [-0.05, 0) is 90.0 Å². The summed E-state index contributed by atoms with van der Waals surface area (Å²) in [4.78, 5) is 9.60. The second-order valence-electron chi connectivity index (χ2n) is 14.7. The van der Waals surface area contributed by atoms with E-state index in [0.29, 0.717) is 72.7 Å². The Bertz CT molecular complexity index is 898. The first-order valence-corrected chi connectivity index (χ1v) is 19.7. The Morgan fingerprint density at radius 3 is 0.673 bits per heavy atom. The van der Waals surface area contributed by atoms with Gasteiger partial charge >= 0.3 is 5.97 Å². The smallest absolute Gasteiger partial charge is 0.330 e. The molecule has 0 rings (SSSR count). The van der Waals surface area contributed by atoms with Crippen molar-refractivity contribution >= 4 is 5.97 Å². The van der Waals surface area contributed by atoms with Crippen molar-refractivity contribution in [3.05, 3.63) is 12.2 Å². The number of aliphatic hydroxyl groups excluding tert-OH is 2. The number of ether oxygens (including phenoxy) is 11. The number of carboxylic acids is 1. The van der Waals surface area contributed by atoms with Crippen LogP contribution in [0.25, 0.3) is 0 Å². The summed E-state index contributed by atoms with van der Waals surface area (Å²) >= 11 is 0. The van der Waals surface area contributed by atoms with E-state index in [1.807, 2.05) is 76.2 Å². The van der Waals surface area contributed by atoms with Crippen LogP contribution in [-0.2, 0) is 56.9 Å². The van der Waals surface area contributed by atoms with Crippen LogP contribution in [0.1, 0.15) is 90.0 Å². The highest BCUT2D eigenvalue weighted by molar-refractivity contribution is 5.84. The second-order valence-corrected chi connectivity index (χ2v) is 14.7. The first-order valence-electron chi connectivity index (χ1n) is 19.7. The van der Waals surface area contributed by atoms with Crippen LogP contribution in [0.4, 0.5) is 0 Å². The second kappa shape index (κ2) is 34.7. The molecule has 3 N–H and O–H groups in total. The van der Waals surface area contributed by atoms with Gasteiger partial charge in [-0.2, -0.15) is 0 Å². The Balaban J connectivity index is 0. The molecule has 0 amide bonds. The van der Waals surface area contributed by atoms with Crippen LogP contribution in [-0.4, -0.2) is 174 Å². The van der Waals surface area contributed by atoms with Crippen LogP contribution in [0.2, 0.25) is 0 Å². The Kier molecular flexibility index (Phi) is 35.2. The zero-order chi connectivity index (χ0) is 42.3. The molecule has 0 bridgehead atoms. The fourth-order valence-electron chi connectivity index (χ4n) is 3.84. The standard InChI is InChI=1S/C36H74O13.C4H6O2/c1-25(38)14-39-27(3)16-41-29(5)18-43-31(7)20-45-33(9)22-47-35(11)24-49-36(12)23-48-34(10)21-46-32(8)19-44-30(6)17-42-28(4)15-40-26(2)13-37;1-3(2)4(5)6/h25-38H,13-24H2,1-12H3;1H2,2H3,(H,5,6). The molecule has 12 atom stereocenters. The summed E-state index contributed by atoms with van der Waals surface area (Å²) in [5.74, 6) is -0.935. The Morgan fingerprint density at radius 2 is 0.545 bits per heavy atom. The Morgan fingerprint density at radius 1 is 0.400 bits per heavy atom. The SMILES string of the molecule is C=C(C)C(=O)O.CC(O)COC(C)COC(C)COC(C)COC(C)COC(C)COC(C)COC(C)COC(C)COC(C)COC(C)COC(C)CO. The topological polar surface area (TPSA) is 179 Å². The van der Waals surface area contributed by atoms with E-state index in [1.54, 1.807) is 6.92 Å². The molecule has 330 valence electrons. The number of carbonyl (C=O) groups is 1. The lowest BCUT2D eigenvalue weighted by atomic mass is 10.3. The van der Waals surface area contributed by atoms with Crippen molar-refractivity contribution in [3.63, 3.8) is 0 Å². The molecule has 0 saturated carbocycles. The molecule has 0 aliphatic heterocycles. The minimum atomic E-state index is -0.935. The zero-order valence-electron chi connectivity index (χ0n) is 36.4. The first-order chi connectivity index (χ1) is 25.7. The maximum Gasteiger partial charge on any atom is 0.330 e. The lowest BCUT2D eigenvalue weighted by molar-refractivity contribution is -0.132. The number of aliphatic hydroxyl groups is 2. The maximum atomic E-state index is 9.60. The van der Waals surface area contributed by atoms with Crippen LogP contribution in [0.15, 0.2) is 12.2 Å². The van der Waals surface area contributed by atoms with Crippen molar-refractivity contribution in [2.75, 3.05) is 79.3 Å². The molecule has 0 spiro atoms.